The van der Waals surface area contributed by atoms with Gasteiger partial charge in [0.15, 0.2) is 6.10 Å². The lowest BCUT2D eigenvalue weighted by molar-refractivity contribution is 0.0405. The molecular formula is C17H12F2O2. The first-order valence-electron chi connectivity index (χ1n) is 6.26. The monoisotopic (exact) mass is 286 g/mol. The first kappa shape index (κ1) is 14.7. The van der Waals surface area contributed by atoms with Crippen molar-refractivity contribution in [2.24, 2.45) is 0 Å². The molecule has 2 aromatic rings. The molecule has 0 aliphatic carbocycles. The third-order valence-electron chi connectivity index (χ3n) is 2.85. The van der Waals surface area contributed by atoms with Crippen molar-refractivity contribution in [3.05, 3.63) is 71.3 Å². The van der Waals surface area contributed by atoms with Gasteiger partial charge in [0.05, 0.1) is 5.56 Å². The molecule has 106 valence electrons. The van der Waals surface area contributed by atoms with Crippen LogP contribution in [0.15, 0.2) is 48.5 Å². The van der Waals surface area contributed by atoms with Gasteiger partial charge in [0.1, 0.15) is 11.6 Å². The Bertz CT molecular complexity index is 675. The number of ether oxygens (including phenoxy) is 1. The van der Waals surface area contributed by atoms with E-state index in [9.17, 15) is 13.6 Å². The highest BCUT2D eigenvalue weighted by atomic mass is 19.1. The smallest absolute Gasteiger partial charge is 0.342 e. The molecule has 0 fully saturated rings. The van der Waals surface area contributed by atoms with Crippen LogP contribution in [0.25, 0.3) is 0 Å². The minimum Gasteiger partial charge on any atom is -0.445 e. The summed E-state index contributed by atoms with van der Waals surface area (Å²) in [5.41, 5.74) is 0.413. The van der Waals surface area contributed by atoms with Crippen LogP contribution in [0.5, 0.6) is 0 Å². The van der Waals surface area contributed by atoms with Crippen molar-refractivity contribution in [3.8, 4) is 12.3 Å². The third-order valence-corrected chi connectivity index (χ3v) is 2.85. The summed E-state index contributed by atoms with van der Waals surface area (Å²) in [4.78, 5) is 11.9. The number of carbonyl (C=O) groups is 1. The normalized spacial score (nSPS) is 11.5. The lowest BCUT2D eigenvalue weighted by atomic mass is 10.1. The van der Waals surface area contributed by atoms with Crippen LogP contribution in [0.3, 0.4) is 0 Å². The van der Waals surface area contributed by atoms with Gasteiger partial charge in [-0.3, -0.25) is 0 Å². The van der Waals surface area contributed by atoms with Crippen molar-refractivity contribution in [1.29, 1.82) is 0 Å². The van der Waals surface area contributed by atoms with Crippen LogP contribution in [0, 0.1) is 24.0 Å². The van der Waals surface area contributed by atoms with Crippen molar-refractivity contribution < 1.29 is 18.3 Å². The molecule has 0 aromatic heterocycles. The largest absolute Gasteiger partial charge is 0.445 e. The molecule has 0 saturated heterocycles. The van der Waals surface area contributed by atoms with E-state index in [1.807, 2.05) is 30.3 Å². The van der Waals surface area contributed by atoms with Crippen molar-refractivity contribution >= 4 is 5.97 Å². The van der Waals surface area contributed by atoms with Gasteiger partial charge in [-0.15, -0.1) is 6.42 Å². The maximum absolute atomic E-state index is 13.5. The highest BCUT2D eigenvalue weighted by Crippen LogP contribution is 2.13. The molecule has 0 amide bonds. The molecule has 0 heterocycles. The predicted molar refractivity (Wildman–Crippen MR) is 74.5 cm³/mol. The van der Waals surface area contributed by atoms with E-state index in [0.29, 0.717) is 6.42 Å². The molecular weight excluding hydrogens is 274 g/mol. The van der Waals surface area contributed by atoms with Crippen LogP contribution < -0.4 is 0 Å². The van der Waals surface area contributed by atoms with Crippen LogP contribution in [-0.2, 0) is 11.2 Å². The summed E-state index contributed by atoms with van der Waals surface area (Å²) < 4.78 is 31.6. The van der Waals surface area contributed by atoms with Gasteiger partial charge in [-0.25, -0.2) is 13.6 Å². The van der Waals surface area contributed by atoms with E-state index in [0.717, 1.165) is 23.8 Å². The van der Waals surface area contributed by atoms with Crippen LogP contribution in [-0.4, -0.2) is 12.1 Å². The topological polar surface area (TPSA) is 26.3 Å². The molecule has 2 nitrogen and oxygen atoms in total. The van der Waals surface area contributed by atoms with Gasteiger partial charge in [0.2, 0.25) is 0 Å². The Morgan fingerprint density at radius 3 is 2.57 bits per heavy atom. The lowest BCUT2D eigenvalue weighted by Gasteiger charge is -2.13. The minimum atomic E-state index is -0.981. The summed E-state index contributed by atoms with van der Waals surface area (Å²) >= 11 is 0. The van der Waals surface area contributed by atoms with E-state index in [-0.39, 0.29) is 0 Å². The second-order valence-electron chi connectivity index (χ2n) is 4.37. The van der Waals surface area contributed by atoms with E-state index in [1.165, 1.54) is 0 Å². The molecule has 0 bridgehead atoms. The zero-order valence-electron chi connectivity index (χ0n) is 11.1. The standard InChI is InChI=1S/C17H12F2O2/c1-2-14(10-12-6-4-3-5-7-12)21-17(20)15-11-13(18)8-9-16(15)19/h1,3-9,11,14H,10H2. The number of hydrogen-bond donors (Lipinski definition) is 0. The minimum absolute atomic E-state index is 0.306. The first-order valence-corrected chi connectivity index (χ1v) is 6.26. The zero-order chi connectivity index (χ0) is 15.2. The third kappa shape index (κ3) is 3.90. The SMILES string of the molecule is C#CC(Cc1ccccc1)OC(=O)c1cc(F)ccc1F. The average molecular weight is 286 g/mol. The van der Waals surface area contributed by atoms with Crippen LogP contribution in [0.4, 0.5) is 8.78 Å². The molecule has 0 N–H and O–H groups in total. The number of benzene rings is 2. The molecule has 1 atom stereocenters. The molecule has 0 saturated carbocycles. The summed E-state index contributed by atoms with van der Waals surface area (Å²) in [6.07, 6.45) is 4.78. The van der Waals surface area contributed by atoms with Gasteiger partial charge in [-0.2, -0.15) is 0 Å². The number of terminal acetylenes is 1. The predicted octanol–water partition coefficient (Wildman–Crippen LogP) is 3.37. The average Bonchev–Trinajstić information content (AvgIpc) is 2.50. The van der Waals surface area contributed by atoms with Gasteiger partial charge in [-0.05, 0) is 23.8 Å². The Balaban J connectivity index is 2.10. The highest BCUT2D eigenvalue weighted by Gasteiger charge is 2.18. The van der Waals surface area contributed by atoms with Gasteiger partial charge < -0.3 is 4.74 Å². The van der Waals surface area contributed by atoms with Crippen molar-refractivity contribution in [1.82, 2.24) is 0 Å². The molecule has 2 aromatic carbocycles. The Morgan fingerprint density at radius 1 is 1.19 bits per heavy atom. The Hall–Kier alpha value is -2.67. The van der Waals surface area contributed by atoms with Crippen molar-refractivity contribution in [2.45, 2.75) is 12.5 Å². The van der Waals surface area contributed by atoms with E-state index in [4.69, 9.17) is 11.2 Å². The quantitative estimate of drug-likeness (QED) is 0.636. The number of halogens is 2. The fourth-order valence-corrected chi connectivity index (χ4v) is 1.81. The van der Waals surface area contributed by atoms with E-state index >= 15 is 0 Å². The molecule has 0 radical (unpaired) electrons. The lowest BCUT2D eigenvalue weighted by Crippen LogP contribution is -2.20. The molecule has 2 rings (SSSR count). The first-order chi connectivity index (χ1) is 10.1. The summed E-state index contributed by atoms with van der Waals surface area (Å²) in [7, 11) is 0. The van der Waals surface area contributed by atoms with Gasteiger partial charge in [0.25, 0.3) is 0 Å². The van der Waals surface area contributed by atoms with Gasteiger partial charge >= 0.3 is 5.97 Å². The highest BCUT2D eigenvalue weighted by molar-refractivity contribution is 5.90. The fraction of sp³-hybridized carbons (Fsp3) is 0.118. The van der Waals surface area contributed by atoms with Crippen LogP contribution >= 0.6 is 0 Å². The zero-order valence-corrected chi connectivity index (χ0v) is 11.1. The second-order valence-corrected chi connectivity index (χ2v) is 4.37. The molecule has 0 aliphatic heterocycles. The molecule has 0 aliphatic rings. The van der Waals surface area contributed by atoms with Crippen molar-refractivity contribution in [3.63, 3.8) is 0 Å². The van der Waals surface area contributed by atoms with Gasteiger partial charge in [0, 0.05) is 6.42 Å². The summed E-state index contributed by atoms with van der Waals surface area (Å²) in [5.74, 6) is -0.224. The van der Waals surface area contributed by atoms with Gasteiger partial charge in [-0.1, -0.05) is 36.3 Å². The maximum Gasteiger partial charge on any atom is 0.342 e. The second kappa shape index (κ2) is 6.67. The number of hydrogen-bond acceptors (Lipinski definition) is 2. The van der Waals surface area contributed by atoms with Crippen molar-refractivity contribution in [2.75, 3.05) is 0 Å². The van der Waals surface area contributed by atoms with E-state index in [1.54, 1.807) is 0 Å². The molecule has 4 heteroatoms. The van der Waals surface area contributed by atoms with Crippen LogP contribution in [0.2, 0.25) is 0 Å². The van der Waals surface area contributed by atoms with E-state index in [2.05, 4.69) is 5.92 Å². The number of esters is 1. The maximum atomic E-state index is 13.5. The van der Waals surface area contributed by atoms with E-state index < -0.39 is 29.3 Å². The van der Waals surface area contributed by atoms with Crippen LogP contribution in [0.1, 0.15) is 15.9 Å². The Kier molecular flexibility index (Phi) is 4.68. The summed E-state index contributed by atoms with van der Waals surface area (Å²) in [6.45, 7) is 0. The Labute approximate surface area is 121 Å². The number of carbonyl (C=O) groups excluding carboxylic acids is 1. The molecule has 1 unspecified atom stereocenters. The summed E-state index contributed by atoms with van der Waals surface area (Å²) in [5, 5.41) is 0. The number of rotatable bonds is 4. The molecule has 21 heavy (non-hydrogen) atoms. The fourth-order valence-electron chi connectivity index (χ4n) is 1.81. The summed E-state index contributed by atoms with van der Waals surface area (Å²) in [6, 6.07) is 11.8. The Morgan fingerprint density at radius 2 is 1.90 bits per heavy atom. The molecule has 0 spiro atoms.